The number of methoxy groups -OCH3 is 2. The molecule has 4 aliphatic rings. The molecule has 0 aromatic heterocycles. The lowest BCUT2D eigenvalue weighted by Gasteiger charge is -2.57. The van der Waals surface area contributed by atoms with Gasteiger partial charge in [0.25, 0.3) is 0 Å². The van der Waals surface area contributed by atoms with Crippen molar-refractivity contribution in [3.8, 4) is 0 Å². The molecule has 0 saturated heterocycles. The summed E-state index contributed by atoms with van der Waals surface area (Å²) < 4.78 is 61.6. The fourth-order valence-electron chi connectivity index (χ4n) is 7.83. The molecule has 0 bridgehead atoms. The lowest BCUT2D eigenvalue weighted by molar-refractivity contribution is -0.293. The van der Waals surface area contributed by atoms with E-state index in [1.54, 1.807) is 14.2 Å². The minimum atomic E-state index is -4.33. The summed E-state index contributed by atoms with van der Waals surface area (Å²) in [4.78, 5) is 0. The molecule has 2 fully saturated rings. The van der Waals surface area contributed by atoms with E-state index in [-0.39, 0.29) is 12.3 Å². The van der Waals surface area contributed by atoms with E-state index >= 15 is 0 Å². The maximum atomic E-state index is 14.7. The van der Waals surface area contributed by atoms with Crippen LogP contribution in [0.4, 0.5) is 13.2 Å². The number of hydrogen-bond acceptors (Lipinski definition) is 3. The Bertz CT molecular complexity index is 739. The van der Waals surface area contributed by atoms with Gasteiger partial charge in [0, 0.05) is 32.5 Å². The average molecular weight is 461 g/mol. The Morgan fingerprint density at radius 1 is 0.935 bits per heavy atom. The Balaban J connectivity index is 1.65. The number of halogens is 3. The fraction of sp³-hybridized carbons (Fsp3) is 0.917. The number of ether oxygens (including phenoxy) is 2. The maximum Gasteiger partial charge on any atom is 0.416 e. The summed E-state index contributed by atoms with van der Waals surface area (Å²) in [5.41, 5.74) is 0.141. The van der Waals surface area contributed by atoms with Crippen LogP contribution in [0.3, 0.4) is 0 Å². The molecule has 0 aromatic carbocycles. The summed E-state index contributed by atoms with van der Waals surface area (Å²) in [5.74, 6) is 0.308. The quantitative estimate of drug-likeness (QED) is 0.261. The molecule has 4 rings (SSSR count). The second-order valence-electron chi connectivity index (χ2n) is 11.6. The van der Waals surface area contributed by atoms with E-state index in [1.165, 1.54) is 11.1 Å². The maximum absolute atomic E-state index is 14.7. The summed E-state index contributed by atoms with van der Waals surface area (Å²) in [6.45, 7) is 7.57. The standard InChI is InChI=1S/C24H39F3O3Si/c1-21-12-9-18-17-10-13-22(28-2,29-3)15-16(17)7-8-19(18)20(21)11-14-23(21,24(25,26)27)30-31(4,5)6/h18-20H,7-15H2,1-6H3/t18-,19-,20+,21+,23?/m1/s1. The second kappa shape index (κ2) is 7.57. The van der Waals surface area contributed by atoms with E-state index < -0.39 is 31.3 Å². The van der Waals surface area contributed by atoms with Crippen LogP contribution in [0.5, 0.6) is 0 Å². The molecule has 31 heavy (non-hydrogen) atoms. The zero-order valence-electron chi connectivity index (χ0n) is 20.0. The Kier molecular flexibility index (Phi) is 5.81. The SMILES string of the molecule is COC1(OC)CCC2=C(CC[C@@H]3[C@@H]2CC[C@@]2(C)[C@H]3CCC2(O[Si](C)(C)C)C(F)(F)F)C1. The van der Waals surface area contributed by atoms with Crippen molar-refractivity contribution in [2.75, 3.05) is 14.2 Å². The molecule has 2 saturated carbocycles. The summed E-state index contributed by atoms with van der Waals surface area (Å²) in [6, 6.07) is 0. The predicted molar refractivity (Wildman–Crippen MR) is 117 cm³/mol. The molecule has 1 unspecified atom stereocenters. The minimum absolute atomic E-state index is 0.0785. The molecule has 0 N–H and O–H groups in total. The summed E-state index contributed by atoms with van der Waals surface area (Å²) >= 11 is 0. The molecule has 3 nitrogen and oxygen atoms in total. The van der Waals surface area contributed by atoms with Crippen molar-refractivity contribution in [3.05, 3.63) is 11.1 Å². The Hall–Kier alpha value is -0.373. The first kappa shape index (κ1) is 23.8. The minimum Gasteiger partial charge on any atom is -0.403 e. The third-order valence-corrected chi connectivity index (χ3v) is 10.1. The normalized spacial score (nSPS) is 40.4. The van der Waals surface area contributed by atoms with Crippen molar-refractivity contribution in [1.29, 1.82) is 0 Å². The van der Waals surface area contributed by atoms with Crippen LogP contribution >= 0.6 is 0 Å². The Morgan fingerprint density at radius 2 is 1.61 bits per heavy atom. The van der Waals surface area contributed by atoms with Crippen molar-refractivity contribution in [2.24, 2.45) is 23.2 Å². The van der Waals surface area contributed by atoms with Gasteiger partial charge in [0.05, 0.1) is 0 Å². The van der Waals surface area contributed by atoms with Gasteiger partial charge in [-0.15, -0.1) is 0 Å². The summed E-state index contributed by atoms with van der Waals surface area (Å²) in [7, 11) is 1.04. The molecule has 4 aliphatic carbocycles. The van der Waals surface area contributed by atoms with Crippen LogP contribution < -0.4 is 0 Å². The number of hydrogen-bond donors (Lipinski definition) is 0. The molecule has 0 spiro atoms. The number of alkyl halides is 3. The molecule has 0 radical (unpaired) electrons. The second-order valence-corrected chi connectivity index (χ2v) is 16.0. The number of allylic oxidation sites excluding steroid dienone is 1. The zero-order chi connectivity index (χ0) is 22.9. The van der Waals surface area contributed by atoms with Gasteiger partial charge >= 0.3 is 6.18 Å². The van der Waals surface area contributed by atoms with Crippen LogP contribution in [-0.2, 0) is 13.9 Å². The van der Waals surface area contributed by atoms with E-state index in [2.05, 4.69) is 0 Å². The van der Waals surface area contributed by atoms with Gasteiger partial charge in [0.1, 0.15) is 0 Å². The average Bonchev–Trinajstić information content (AvgIpc) is 2.99. The molecule has 178 valence electrons. The van der Waals surface area contributed by atoms with Crippen molar-refractivity contribution in [2.45, 2.75) is 102 Å². The van der Waals surface area contributed by atoms with E-state index in [1.807, 2.05) is 26.6 Å². The molecular formula is C24H39F3O3Si. The largest absolute Gasteiger partial charge is 0.416 e. The van der Waals surface area contributed by atoms with Gasteiger partial charge in [-0.2, -0.15) is 13.2 Å². The lowest BCUT2D eigenvalue weighted by Crippen LogP contribution is -2.63. The first-order chi connectivity index (χ1) is 14.3. The Morgan fingerprint density at radius 3 is 2.19 bits per heavy atom. The van der Waals surface area contributed by atoms with Gasteiger partial charge < -0.3 is 13.9 Å². The highest BCUT2D eigenvalue weighted by atomic mass is 28.4. The highest BCUT2D eigenvalue weighted by Crippen LogP contribution is 2.69. The highest BCUT2D eigenvalue weighted by molar-refractivity contribution is 6.69. The van der Waals surface area contributed by atoms with Crippen molar-refractivity contribution < 1.29 is 27.1 Å². The van der Waals surface area contributed by atoms with Crippen molar-refractivity contribution >= 4 is 8.32 Å². The first-order valence-electron chi connectivity index (χ1n) is 11.9. The summed E-state index contributed by atoms with van der Waals surface area (Å²) in [6.07, 6.45) is 2.37. The molecule has 0 heterocycles. The van der Waals surface area contributed by atoms with E-state index in [0.29, 0.717) is 24.7 Å². The lowest BCUT2D eigenvalue weighted by atomic mass is 9.52. The molecular weight excluding hydrogens is 421 g/mol. The van der Waals surface area contributed by atoms with Crippen LogP contribution in [-0.4, -0.2) is 40.1 Å². The van der Waals surface area contributed by atoms with Crippen LogP contribution in [0.1, 0.15) is 64.7 Å². The van der Waals surface area contributed by atoms with Gasteiger partial charge in [0.15, 0.2) is 19.7 Å². The van der Waals surface area contributed by atoms with Gasteiger partial charge in [-0.25, -0.2) is 0 Å². The van der Waals surface area contributed by atoms with E-state index in [4.69, 9.17) is 13.9 Å². The van der Waals surface area contributed by atoms with Crippen molar-refractivity contribution in [1.82, 2.24) is 0 Å². The summed E-state index contributed by atoms with van der Waals surface area (Å²) in [5, 5.41) is 0. The van der Waals surface area contributed by atoms with Crippen LogP contribution in [0.25, 0.3) is 0 Å². The van der Waals surface area contributed by atoms with Crippen molar-refractivity contribution in [3.63, 3.8) is 0 Å². The number of fused-ring (bicyclic) bond motifs is 4. The van der Waals surface area contributed by atoms with E-state index in [0.717, 1.165) is 38.5 Å². The third-order valence-electron chi connectivity index (χ3n) is 9.18. The third kappa shape index (κ3) is 3.57. The molecule has 7 heteroatoms. The van der Waals surface area contributed by atoms with Gasteiger partial charge in [0.2, 0.25) is 0 Å². The van der Waals surface area contributed by atoms with Crippen LogP contribution in [0.2, 0.25) is 19.6 Å². The smallest absolute Gasteiger partial charge is 0.403 e. The topological polar surface area (TPSA) is 27.7 Å². The highest BCUT2D eigenvalue weighted by Gasteiger charge is 2.73. The first-order valence-corrected chi connectivity index (χ1v) is 15.3. The molecule has 5 atom stereocenters. The van der Waals surface area contributed by atoms with E-state index in [9.17, 15) is 13.2 Å². The van der Waals surface area contributed by atoms with Gasteiger partial charge in [-0.05, 0) is 82.3 Å². The van der Waals surface area contributed by atoms with Gasteiger partial charge in [-0.1, -0.05) is 18.1 Å². The fourth-order valence-corrected chi connectivity index (χ4v) is 9.33. The van der Waals surface area contributed by atoms with Gasteiger partial charge in [-0.3, -0.25) is 0 Å². The predicted octanol–water partition coefficient (Wildman–Crippen LogP) is 6.84. The number of rotatable bonds is 4. The molecule has 0 aliphatic heterocycles. The Labute approximate surface area is 186 Å². The zero-order valence-corrected chi connectivity index (χ0v) is 21.0. The van der Waals surface area contributed by atoms with Crippen LogP contribution in [0.15, 0.2) is 11.1 Å². The molecule has 0 aromatic rings. The van der Waals surface area contributed by atoms with Crippen LogP contribution in [0, 0.1) is 23.2 Å². The monoisotopic (exact) mass is 460 g/mol. The molecule has 0 amide bonds.